The van der Waals surface area contributed by atoms with Gasteiger partial charge in [-0.2, -0.15) is 0 Å². The molecule has 0 saturated heterocycles. The minimum atomic E-state index is -0.844. The Morgan fingerprint density at radius 3 is 2.71 bits per heavy atom. The molecule has 1 atom stereocenters. The molecule has 8 heteroatoms. The number of ether oxygens (including phenoxy) is 3. The number of non-ortho nitro benzene ring substituents is 1. The second kappa shape index (κ2) is 9.24. The van der Waals surface area contributed by atoms with Crippen molar-refractivity contribution in [1.82, 2.24) is 0 Å². The quantitative estimate of drug-likeness (QED) is 0.367. The third-order valence-corrected chi connectivity index (χ3v) is 2.60. The summed E-state index contributed by atoms with van der Waals surface area (Å²) in [5, 5.41) is 29.5. The number of rotatable bonds is 10. The topological polar surface area (TPSA) is 111 Å². The molecular formula is C13H19NO7. The summed E-state index contributed by atoms with van der Waals surface area (Å²) in [6.07, 6.45) is -0.844. The molecule has 21 heavy (non-hydrogen) atoms. The average molecular weight is 301 g/mol. The predicted octanol–water partition coefficient (Wildman–Crippen LogP) is 0.490. The highest BCUT2D eigenvalue weighted by Gasteiger charge is 2.13. The van der Waals surface area contributed by atoms with Gasteiger partial charge in [0.25, 0.3) is 5.69 Å². The number of hydrogen-bond donors (Lipinski definition) is 2. The number of aliphatic hydroxyl groups excluding tert-OH is 2. The highest BCUT2D eigenvalue weighted by molar-refractivity contribution is 5.43. The van der Waals surface area contributed by atoms with Crippen molar-refractivity contribution in [2.45, 2.75) is 12.7 Å². The summed E-state index contributed by atoms with van der Waals surface area (Å²) in [4.78, 5) is 10.1. The van der Waals surface area contributed by atoms with Gasteiger partial charge in [0.05, 0.1) is 31.4 Å². The zero-order chi connectivity index (χ0) is 15.7. The maximum absolute atomic E-state index is 10.6. The van der Waals surface area contributed by atoms with Crippen molar-refractivity contribution in [2.75, 3.05) is 33.5 Å². The standard InChI is InChI=1S/C13H19NO7/c1-19-4-5-20-8-12(16)9-21-13-3-2-11(14(17)18)6-10(13)7-15/h2-3,6,12,15-16H,4-5,7-9H2,1H3. The van der Waals surface area contributed by atoms with Crippen LogP contribution in [-0.2, 0) is 16.1 Å². The van der Waals surface area contributed by atoms with Crippen LogP contribution in [0.15, 0.2) is 18.2 Å². The lowest BCUT2D eigenvalue weighted by Gasteiger charge is -2.14. The minimum absolute atomic E-state index is 0.0439. The Balaban J connectivity index is 2.49. The van der Waals surface area contributed by atoms with E-state index in [1.165, 1.54) is 18.2 Å². The van der Waals surface area contributed by atoms with Gasteiger partial charge in [-0.1, -0.05) is 0 Å². The van der Waals surface area contributed by atoms with Gasteiger partial charge in [-0.25, -0.2) is 0 Å². The van der Waals surface area contributed by atoms with Gasteiger partial charge >= 0.3 is 0 Å². The van der Waals surface area contributed by atoms with E-state index in [2.05, 4.69) is 0 Å². The summed E-state index contributed by atoms with van der Waals surface area (Å²) in [7, 11) is 1.55. The van der Waals surface area contributed by atoms with Crippen molar-refractivity contribution in [3.63, 3.8) is 0 Å². The number of nitrogens with zero attached hydrogens (tertiary/aromatic N) is 1. The minimum Gasteiger partial charge on any atom is -0.490 e. The van der Waals surface area contributed by atoms with E-state index in [0.717, 1.165) is 0 Å². The first-order chi connectivity index (χ1) is 10.1. The van der Waals surface area contributed by atoms with Crippen LogP contribution in [-0.4, -0.2) is 54.8 Å². The number of aliphatic hydroxyl groups is 2. The fourth-order valence-corrected chi connectivity index (χ4v) is 1.54. The molecule has 0 radical (unpaired) electrons. The normalized spacial score (nSPS) is 12.1. The summed E-state index contributed by atoms with van der Waals surface area (Å²) >= 11 is 0. The highest BCUT2D eigenvalue weighted by atomic mass is 16.6. The summed E-state index contributed by atoms with van der Waals surface area (Å²) in [6.45, 7) is 0.456. The van der Waals surface area contributed by atoms with Crippen LogP contribution in [0.5, 0.6) is 5.75 Å². The molecule has 8 nitrogen and oxygen atoms in total. The van der Waals surface area contributed by atoms with E-state index in [1.54, 1.807) is 7.11 Å². The Kier molecular flexibility index (Phi) is 7.62. The highest BCUT2D eigenvalue weighted by Crippen LogP contribution is 2.24. The number of methoxy groups -OCH3 is 1. The average Bonchev–Trinajstić information content (AvgIpc) is 2.49. The fourth-order valence-electron chi connectivity index (χ4n) is 1.54. The molecule has 1 aromatic carbocycles. The third-order valence-electron chi connectivity index (χ3n) is 2.60. The SMILES string of the molecule is COCCOCC(O)COc1ccc([N+](=O)[O-])cc1CO. The first-order valence-electron chi connectivity index (χ1n) is 6.34. The number of nitro groups is 1. The van der Waals surface area contributed by atoms with Gasteiger partial charge in [-0.05, 0) is 6.07 Å². The van der Waals surface area contributed by atoms with Crippen molar-refractivity contribution < 1.29 is 29.3 Å². The molecule has 0 spiro atoms. The van der Waals surface area contributed by atoms with Gasteiger partial charge in [0, 0.05) is 24.8 Å². The van der Waals surface area contributed by atoms with Gasteiger partial charge in [-0.3, -0.25) is 10.1 Å². The van der Waals surface area contributed by atoms with Gasteiger partial charge in [0.1, 0.15) is 18.5 Å². The Hall–Kier alpha value is -1.74. The molecular weight excluding hydrogens is 282 g/mol. The number of benzene rings is 1. The van der Waals surface area contributed by atoms with E-state index in [-0.39, 0.29) is 24.5 Å². The maximum atomic E-state index is 10.6. The monoisotopic (exact) mass is 301 g/mol. The molecule has 118 valence electrons. The van der Waals surface area contributed by atoms with Crippen molar-refractivity contribution in [3.05, 3.63) is 33.9 Å². The van der Waals surface area contributed by atoms with Crippen LogP contribution in [0.25, 0.3) is 0 Å². The van der Waals surface area contributed by atoms with Crippen LogP contribution in [0.2, 0.25) is 0 Å². The molecule has 0 fully saturated rings. The summed E-state index contributed by atoms with van der Waals surface area (Å²) in [5.41, 5.74) is 0.159. The van der Waals surface area contributed by atoms with E-state index in [9.17, 15) is 20.3 Å². The Bertz CT molecular complexity index is 452. The predicted molar refractivity (Wildman–Crippen MR) is 73.2 cm³/mol. The van der Waals surface area contributed by atoms with Gasteiger partial charge in [-0.15, -0.1) is 0 Å². The summed E-state index contributed by atoms with van der Waals surface area (Å²) < 4.78 is 15.3. The Morgan fingerprint density at radius 2 is 2.10 bits per heavy atom. The van der Waals surface area contributed by atoms with E-state index < -0.39 is 17.6 Å². The van der Waals surface area contributed by atoms with Gasteiger partial charge in [0.2, 0.25) is 0 Å². The molecule has 0 amide bonds. The molecule has 0 aliphatic heterocycles. The maximum Gasteiger partial charge on any atom is 0.270 e. The largest absolute Gasteiger partial charge is 0.490 e. The number of hydrogen-bond acceptors (Lipinski definition) is 7. The smallest absolute Gasteiger partial charge is 0.270 e. The van der Waals surface area contributed by atoms with Crippen LogP contribution in [0, 0.1) is 10.1 Å². The molecule has 1 rings (SSSR count). The molecule has 0 aliphatic carbocycles. The molecule has 0 bridgehead atoms. The van der Waals surface area contributed by atoms with Crippen LogP contribution < -0.4 is 4.74 Å². The van der Waals surface area contributed by atoms with Gasteiger partial charge < -0.3 is 24.4 Å². The first-order valence-corrected chi connectivity index (χ1v) is 6.34. The zero-order valence-corrected chi connectivity index (χ0v) is 11.7. The lowest BCUT2D eigenvalue weighted by molar-refractivity contribution is -0.385. The van der Waals surface area contributed by atoms with E-state index in [4.69, 9.17) is 14.2 Å². The van der Waals surface area contributed by atoms with Gasteiger partial charge in [0.15, 0.2) is 0 Å². The molecule has 2 N–H and O–H groups in total. The molecule has 0 saturated carbocycles. The molecule has 0 aromatic heterocycles. The van der Waals surface area contributed by atoms with Crippen LogP contribution in [0.3, 0.4) is 0 Å². The van der Waals surface area contributed by atoms with E-state index in [0.29, 0.717) is 19.0 Å². The van der Waals surface area contributed by atoms with E-state index >= 15 is 0 Å². The summed E-state index contributed by atoms with van der Waals surface area (Å²) in [5.74, 6) is 0.291. The van der Waals surface area contributed by atoms with Crippen molar-refractivity contribution in [2.24, 2.45) is 0 Å². The number of nitro benzene ring substituents is 1. The summed E-state index contributed by atoms with van der Waals surface area (Å²) in [6, 6.07) is 3.90. The molecule has 1 aromatic rings. The fraction of sp³-hybridized carbons (Fsp3) is 0.538. The molecule has 0 heterocycles. The lowest BCUT2D eigenvalue weighted by Crippen LogP contribution is -2.24. The van der Waals surface area contributed by atoms with Crippen LogP contribution >= 0.6 is 0 Å². The zero-order valence-electron chi connectivity index (χ0n) is 11.7. The second-order valence-electron chi connectivity index (χ2n) is 4.24. The van der Waals surface area contributed by atoms with Crippen molar-refractivity contribution >= 4 is 5.69 Å². The van der Waals surface area contributed by atoms with Crippen molar-refractivity contribution in [1.29, 1.82) is 0 Å². The van der Waals surface area contributed by atoms with Crippen LogP contribution in [0.4, 0.5) is 5.69 Å². The Morgan fingerprint density at radius 1 is 1.33 bits per heavy atom. The molecule has 0 aliphatic rings. The Labute approximate surface area is 122 Å². The third kappa shape index (κ3) is 6.05. The van der Waals surface area contributed by atoms with Crippen molar-refractivity contribution in [3.8, 4) is 5.75 Å². The van der Waals surface area contributed by atoms with Crippen LogP contribution in [0.1, 0.15) is 5.56 Å². The second-order valence-corrected chi connectivity index (χ2v) is 4.24. The molecule has 1 unspecified atom stereocenters. The van der Waals surface area contributed by atoms with E-state index in [1.807, 2.05) is 0 Å². The lowest BCUT2D eigenvalue weighted by atomic mass is 10.2. The first kappa shape index (κ1) is 17.3.